The minimum atomic E-state index is 0.429. The molecule has 1 saturated heterocycles. The minimum absolute atomic E-state index is 0.429. The average molecular weight is 240 g/mol. The number of nitrogens with zero attached hydrogens (tertiary/aromatic N) is 1. The molecular formula is C15H32N2. The van der Waals surface area contributed by atoms with Gasteiger partial charge in [0, 0.05) is 25.2 Å². The van der Waals surface area contributed by atoms with Crippen LogP contribution in [0.25, 0.3) is 0 Å². The molecule has 0 aromatic heterocycles. The number of hydrogen-bond donors (Lipinski definition) is 1. The maximum Gasteiger partial charge on any atom is 0.0197 e. The molecular weight excluding hydrogens is 208 g/mol. The third kappa shape index (κ3) is 5.39. The summed E-state index contributed by atoms with van der Waals surface area (Å²) < 4.78 is 0. The Morgan fingerprint density at radius 3 is 2.41 bits per heavy atom. The van der Waals surface area contributed by atoms with E-state index in [-0.39, 0.29) is 0 Å². The van der Waals surface area contributed by atoms with Crippen molar-refractivity contribution in [3.05, 3.63) is 0 Å². The molecule has 17 heavy (non-hydrogen) atoms. The largest absolute Gasteiger partial charge is 0.311 e. The number of piperidine rings is 1. The lowest BCUT2D eigenvalue weighted by Crippen LogP contribution is -2.49. The van der Waals surface area contributed by atoms with Crippen molar-refractivity contribution < 1.29 is 0 Å². The molecule has 0 bridgehead atoms. The van der Waals surface area contributed by atoms with Crippen molar-refractivity contribution >= 4 is 0 Å². The van der Waals surface area contributed by atoms with E-state index in [4.69, 9.17) is 0 Å². The monoisotopic (exact) mass is 240 g/mol. The molecule has 2 nitrogen and oxygen atoms in total. The first-order valence-electron chi connectivity index (χ1n) is 7.27. The van der Waals surface area contributed by atoms with Crippen molar-refractivity contribution in [2.75, 3.05) is 19.6 Å². The Bertz CT molecular complexity index is 217. The van der Waals surface area contributed by atoms with Crippen LogP contribution in [0, 0.1) is 11.3 Å². The number of rotatable bonds is 4. The molecule has 2 atom stereocenters. The zero-order valence-corrected chi connectivity index (χ0v) is 12.7. The van der Waals surface area contributed by atoms with Crippen LogP contribution < -0.4 is 5.32 Å². The van der Waals surface area contributed by atoms with Crippen LogP contribution in [-0.4, -0.2) is 36.6 Å². The molecule has 1 heterocycles. The van der Waals surface area contributed by atoms with Gasteiger partial charge in [0.2, 0.25) is 0 Å². The third-order valence-corrected chi connectivity index (χ3v) is 4.09. The molecule has 0 radical (unpaired) electrons. The topological polar surface area (TPSA) is 15.3 Å². The van der Waals surface area contributed by atoms with E-state index in [0.29, 0.717) is 17.5 Å². The van der Waals surface area contributed by atoms with Crippen molar-refractivity contribution in [3.63, 3.8) is 0 Å². The first-order chi connectivity index (χ1) is 7.79. The van der Waals surface area contributed by atoms with E-state index in [0.717, 1.165) is 5.92 Å². The predicted molar refractivity (Wildman–Crippen MR) is 76.4 cm³/mol. The van der Waals surface area contributed by atoms with Gasteiger partial charge < -0.3 is 10.2 Å². The summed E-state index contributed by atoms with van der Waals surface area (Å²) in [5.74, 6) is 0.764. The number of nitrogens with one attached hydrogen (secondary N) is 1. The summed E-state index contributed by atoms with van der Waals surface area (Å²) in [5.41, 5.74) is 0.429. The standard InChI is InChI=1S/C15H32N2/c1-12(2)16-14-8-7-9-17(11-14)10-13(3)15(4,5)6/h12-14,16H,7-11H2,1-6H3. The summed E-state index contributed by atoms with van der Waals surface area (Å²) in [7, 11) is 0. The molecule has 0 saturated carbocycles. The second kappa shape index (κ2) is 6.19. The minimum Gasteiger partial charge on any atom is -0.311 e. The summed E-state index contributed by atoms with van der Waals surface area (Å²) in [5, 5.41) is 3.68. The zero-order chi connectivity index (χ0) is 13.1. The highest BCUT2D eigenvalue weighted by Crippen LogP contribution is 2.27. The lowest BCUT2D eigenvalue weighted by Gasteiger charge is -2.38. The molecule has 0 aliphatic carbocycles. The van der Waals surface area contributed by atoms with Gasteiger partial charge in [-0.1, -0.05) is 41.5 Å². The molecule has 0 spiro atoms. The van der Waals surface area contributed by atoms with Gasteiger partial charge in [0.15, 0.2) is 0 Å². The van der Waals surface area contributed by atoms with Gasteiger partial charge in [-0.15, -0.1) is 0 Å². The molecule has 1 N–H and O–H groups in total. The second-order valence-electron chi connectivity index (χ2n) is 7.19. The van der Waals surface area contributed by atoms with Gasteiger partial charge in [-0.05, 0) is 30.7 Å². The molecule has 1 fully saturated rings. The van der Waals surface area contributed by atoms with Gasteiger partial charge in [-0.3, -0.25) is 0 Å². The van der Waals surface area contributed by atoms with Crippen LogP contribution in [0.3, 0.4) is 0 Å². The summed E-state index contributed by atoms with van der Waals surface area (Å²) >= 11 is 0. The highest BCUT2D eigenvalue weighted by molar-refractivity contribution is 4.82. The van der Waals surface area contributed by atoms with E-state index in [1.54, 1.807) is 0 Å². The second-order valence-corrected chi connectivity index (χ2v) is 7.19. The summed E-state index contributed by atoms with van der Waals surface area (Å²) in [6, 6.07) is 1.32. The summed E-state index contributed by atoms with van der Waals surface area (Å²) in [4.78, 5) is 2.65. The van der Waals surface area contributed by atoms with E-state index in [1.165, 1.54) is 32.5 Å². The van der Waals surface area contributed by atoms with Crippen molar-refractivity contribution in [1.82, 2.24) is 10.2 Å². The fourth-order valence-corrected chi connectivity index (χ4v) is 2.49. The van der Waals surface area contributed by atoms with E-state index in [9.17, 15) is 0 Å². The first kappa shape index (κ1) is 15.0. The molecule has 0 amide bonds. The number of likely N-dealkylation sites (tertiary alicyclic amines) is 1. The van der Waals surface area contributed by atoms with E-state index in [1.807, 2.05) is 0 Å². The zero-order valence-electron chi connectivity index (χ0n) is 12.7. The quantitative estimate of drug-likeness (QED) is 0.812. The summed E-state index contributed by atoms with van der Waals surface area (Å²) in [6.07, 6.45) is 2.69. The van der Waals surface area contributed by atoms with Crippen LogP contribution in [0.4, 0.5) is 0 Å². The van der Waals surface area contributed by atoms with Crippen LogP contribution in [0.2, 0.25) is 0 Å². The Labute approximate surface area is 108 Å². The van der Waals surface area contributed by atoms with Crippen LogP contribution in [0.5, 0.6) is 0 Å². The molecule has 0 aromatic carbocycles. The Morgan fingerprint density at radius 1 is 1.24 bits per heavy atom. The van der Waals surface area contributed by atoms with Crippen molar-refractivity contribution in [1.29, 1.82) is 0 Å². The molecule has 2 unspecified atom stereocenters. The maximum atomic E-state index is 3.68. The Hall–Kier alpha value is -0.0800. The molecule has 1 aliphatic rings. The average Bonchev–Trinajstić information content (AvgIpc) is 2.15. The van der Waals surface area contributed by atoms with E-state index < -0.39 is 0 Å². The van der Waals surface area contributed by atoms with Gasteiger partial charge in [-0.25, -0.2) is 0 Å². The molecule has 102 valence electrons. The molecule has 1 rings (SSSR count). The predicted octanol–water partition coefficient (Wildman–Crippen LogP) is 3.13. The molecule has 1 aliphatic heterocycles. The van der Waals surface area contributed by atoms with Crippen molar-refractivity contribution in [2.24, 2.45) is 11.3 Å². The van der Waals surface area contributed by atoms with Gasteiger partial charge in [-0.2, -0.15) is 0 Å². The lowest BCUT2D eigenvalue weighted by molar-refractivity contribution is 0.124. The normalized spacial score (nSPS) is 25.2. The first-order valence-corrected chi connectivity index (χ1v) is 7.27. The Balaban J connectivity index is 2.39. The van der Waals surface area contributed by atoms with Crippen LogP contribution in [0.15, 0.2) is 0 Å². The Kier molecular flexibility index (Phi) is 5.46. The van der Waals surface area contributed by atoms with Crippen LogP contribution in [0.1, 0.15) is 54.4 Å². The SMILES string of the molecule is CC(C)NC1CCCN(CC(C)C(C)(C)C)C1. The highest BCUT2D eigenvalue weighted by Gasteiger charge is 2.26. The fourth-order valence-electron chi connectivity index (χ4n) is 2.49. The third-order valence-electron chi connectivity index (χ3n) is 4.09. The lowest BCUT2D eigenvalue weighted by atomic mass is 9.81. The van der Waals surface area contributed by atoms with Crippen molar-refractivity contribution in [3.8, 4) is 0 Å². The molecule has 2 heteroatoms. The van der Waals surface area contributed by atoms with E-state index >= 15 is 0 Å². The smallest absolute Gasteiger partial charge is 0.0197 e. The molecule has 0 aromatic rings. The van der Waals surface area contributed by atoms with Crippen LogP contribution in [-0.2, 0) is 0 Å². The van der Waals surface area contributed by atoms with Gasteiger partial charge >= 0.3 is 0 Å². The summed E-state index contributed by atoms with van der Waals surface area (Å²) in [6.45, 7) is 17.7. The van der Waals surface area contributed by atoms with Gasteiger partial charge in [0.1, 0.15) is 0 Å². The van der Waals surface area contributed by atoms with Crippen molar-refractivity contribution in [2.45, 2.75) is 66.5 Å². The van der Waals surface area contributed by atoms with E-state index in [2.05, 4.69) is 51.8 Å². The van der Waals surface area contributed by atoms with Gasteiger partial charge in [0.25, 0.3) is 0 Å². The Morgan fingerprint density at radius 2 is 1.88 bits per heavy atom. The van der Waals surface area contributed by atoms with Gasteiger partial charge in [0.05, 0.1) is 0 Å². The van der Waals surface area contributed by atoms with Crippen LogP contribution >= 0.6 is 0 Å². The highest BCUT2D eigenvalue weighted by atomic mass is 15.2. The maximum absolute atomic E-state index is 3.68. The fraction of sp³-hybridized carbons (Fsp3) is 1.00. The number of hydrogen-bond acceptors (Lipinski definition) is 2.